The number of para-hydroxylation sites is 3. The van der Waals surface area contributed by atoms with Crippen LogP contribution in [-0.4, -0.2) is 4.57 Å². The maximum Gasteiger partial charge on any atom is 0.143 e. The van der Waals surface area contributed by atoms with Crippen molar-refractivity contribution in [1.82, 2.24) is 4.57 Å². The van der Waals surface area contributed by atoms with Gasteiger partial charge in [-0.25, -0.2) is 0 Å². The van der Waals surface area contributed by atoms with Gasteiger partial charge in [-0.3, -0.25) is 0 Å². The zero-order valence-corrected chi connectivity index (χ0v) is 25.3. The third kappa shape index (κ3) is 3.21. The van der Waals surface area contributed by atoms with E-state index in [0.717, 1.165) is 60.6 Å². The number of nitrogens with zero attached hydrogens (tertiary/aromatic N) is 1. The summed E-state index contributed by atoms with van der Waals surface area (Å²) >= 11 is 1.84. The number of rotatable bonds is 2. The Morgan fingerprint density at radius 3 is 2.09 bits per heavy atom. The number of furan rings is 2. The molecule has 0 amide bonds. The van der Waals surface area contributed by atoms with Gasteiger partial charge < -0.3 is 13.4 Å². The Morgan fingerprint density at radius 1 is 0.413 bits per heavy atom. The Hall–Kier alpha value is -5.84. The lowest BCUT2D eigenvalue weighted by atomic mass is 9.97. The fourth-order valence-corrected chi connectivity index (χ4v) is 8.73. The Labute approximate surface area is 266 Å². The van der Waals surface area contributed by atoms with Gasteiger partial charge in [0, 0.05) is 69.8 Å². The third-order valence-corrected chi connectivity index (χ3v) is 10.7. The van der Waals surface area contributed by atoms with Crippen LogP contribution in [0.5, 0.6) is 0 Å². The van der Waals surface area contributed by atoms with E-state index in [1.807, 2.05) is 23.5 Å². The fourth-order valence-electron chi connectivity index (χ4n) is 7.60. The number of benzene rings is 7. The van der Waals surface area contributed by atoms with Gasteiger partial charge in [0.05, 0.1) is 11.0 Å². The van der Waals surface area contributed by atoms with Crippen molar-refractivity contribution in [1.29, 1.82) is 0 Å². The zero-order chi connectivity index (χ0) is 29.9. The number of hydrogen-bond donors (Lipinski definition) is 0. The molecule has 0 aliphatic heterocycles. The normalized spacial score (nSPS) is 12.3. The summed E-state index contributed by atoms with van der Waals surface area (Å²) < 4.78 is 18.0. The first kappa shape index (κ1) is 24.5. The van der Waals surface area contributed by atoms with E-state index in [9.17, 15) is 0 Å². The van der Waals surface area contributed by atoms with Gasteiger partial charge in [0.15, 0.2) is 0 Å². The highest BCUT2D eigenvalue weighted by molar-refractivity contribution is 7.25. The van der Waals surface area contributed by atoms with Gasteiger partial charge in [0.1, 0.15) is 22.3 Å². The molecule has 46 heavy (non-hydrogen) atoms. The van der Waals surface area contributed by atoms with Crippen LogP contribution in [0.2, 0.25) is 0 Å². The molecule has 0 saturated carbocycles. The first-order valence-corrected chi connectivity index (χ1v) is 16.3. The monoisotopic (exact) mass is 605 g/mol. The minimum Gasteiger partial charge on any atom is -0.456 e. The molecule has 4 heterocycles. The van der Waals surface area contributed by atoms with Gasteiger partial charge in [0.2, 0.25) is 0 Å². The minimum atomic E-state index is 0.883. The molecule has 11 rings (SSSR count). The molecule has 0 bridgehead atoms. The van der Waals surface area contributed by atoms with Crippen molar-refractivity contribution in [2.24, 2.45) is 0 Å². The maximum absolute atomic E-state index is 6.69. The molecule has 0 radical (unpaired) electrons. The van der Waals surface area contributed by atoms with Crippen LogP contribution in [0.15, 0.2) is 148 Å². The lowest BCUT2D eigenvalue weighted by molar-refractivity contribution is 0.669. The van der Waals surface area contributed by atoms with Crippen molar-refractivity contribution < 1.29 is 8.83 Å². The van der Waals surface area contributed by atoms with Crippen LogP contribution in [0.1, 0.15) is 0 Å². The number of thiophene rings is 1. The van der Waals surface area contributed by atoms with E-state index in [4.69, 9.17) is 8.83 Å². The second-order valence-electron chi connectivity index (χ2n) is 12.1. The summed E-state index contributed by atoms with van der Waals surface area (Å²) in [5, 5.41) is 9.52. The highest BCUT2D eigenvalue weighted by atomic mass is 32.1. The largest absolute Gasteiger partial charge is 0.456 e. The predicted octanol–water partition coefficient (Wildman–Crippen LogP) is 12.6. The number of aromatic nitrogens is 1. The van der Waals surface area contributed by atoms with Gasteiger partial charge in [0.25, 0.3) is 0 Å². The van der Waals surface area contributed by atoms with Gasteiger partial charge in [-0.1, -0.05) is 84.9 Å². The molecule has 7 aromatic carbocycles. The van der Waals surface area contributed by atoms with Crippen LogP contribution in [-0.2, 0) is 0 Å². The molecule has 0 fully saturated rings. The summed E-state index contributed by atoms with van der Waals surface area (Å²) in [6.07, 6.45) is 0. The van der Waals surface area contributed by atoms with Crippen molar-refractivity contribution in [3.63, 3.8) is 0 Å². The SMILES string of the molecule is c1ccc2c(c1)oc1cc3c(cc12)c1ccccc1n3-c1ccc2oc3c(-c4cccc5sc6ccccc6c45)cccc3c2c1. The van der Waals surface area contributed by atoms with E-state index >= 15 is 0 Å². The maximum atomic E-state index is 6.69. The van der Waals surface area contributed by atoms with Crippen LogP contribution in [0.4, 0.5) is 0 Å². The lowest BCUT2D eigenvalue weighted by Gasteiger charge is -2.08. The van der Waals surface area contributed by atoms with Crippen molar-refractivity contribution in [3.8, 4) is 16.8 Å². The van der Waals surface area contributed by atoms with Gasteiger partial charge >= 0.3 is 0 Å². The molecule has 0 N–H and O–H groups in total. The smallest absolute Gasteiger partial charge is 0.143 e. The first-order valence-electron chi connectivity index (χ1n) is 15.5. The summed E-state index contributed by atoms with van der Waals surface area (Å²) in [6.45, 7) is 0. The Morgan fingerprint density at radius 2 is 1.13 bits per heavy atom. The second-order valence-corrected chi connectivity index (χ2v) is 13.1. The average Bonchev–Trinajstić information content (AvgIpc) is 3.85. The van der Waals surface area contributed by atoms with Crippen molar-refractivity contribution in [2.45, 2.75) is 0 Å². The minimum absolute atomic E-state index is 0.883. The van der Waals surface area contributed by atoms with Crippen molar-refractivity contribution in [2.75, 3.05) is 0 Å². The summed E-state index contributed by atoms with van der Waals surface area (Å²) in [4.78, 5) is 0. The molecule has 11 aromatic rings. The van der Waals surface area contributed by atoms with Crippen LogP contribution >= 0.6 is 11.3 Å². The van der Waals surface area contributed by atoms with Gasteiger partial charge in [-0.15, -0.1) is 11.3 Å². The van der Waals surface area contributed by atoms with Crippen LogP contribution in [0, 0.1) is 0 Å². The Bertz CT molecular complexity index is 3040. The summed E-state index contributed by atoms with van der Waals surface area (Å²) in [6, 6.07) is 49.8. The van der Waals surface area contributed by atoms with Crippen LogP contribution in [0.3, 0.4) is 0 Å². The van der Waals surface area contributed by atoms with Crippen molar-refractivity contribution in [3.05, 3.63) is 140 Å². The zero-order valence-electron chi connectivity index (χ0n) is 24.5. The van der Waals surface area contributed by atoms with Crippen molar-refractivity contribution >= 4 is 97.2 Å². The molecule has 0 atom stereocenters. The highest BCUT2D eigenvalue weighted by Gasteiger charge is 2.19. The van der Waals surface area contributed by atoms with E-state index < -0.39 is 0 Å². The first-order chi connectivity index (χ1) is 22.8. The van der Waals surface area contributed by atoms with Gasteiger partial charge in [-0.2, -0.15) is 0 Å². The molecule has 4 aromatic heterocycles. The Balaban J connectivity index is 1.17. The Kier molecular flexibility index (Phi) is 4.72. The molecule has 0 aliphatic rings. The van der Waals surface area contributed by atoms with Crippen LogP contribution in [0.25, 0.3) is 103 Å². The summed E-state index contributed by atoms with van der Waals surface area (Å²) in [5.41, 5.74) is 9.31. The highest BCUT2D eigenvalue weighted by Crippen LogP contribution is 2.44. The molecular weight excluding hydrogens is 583 g/mol. The number of hydrogen-bond acceptors (Lipinski definition) is 3. The van der Waals surface area contributed by atoms with E-state index in [-0.39, 0.29) is 0 Å². The quantitative estimate of drug-likeness (QED) is 0.196. The van der Waals surface area contributed by atoms with Crippen LogP contribution < -0.4 is 0 Å². The second kappa shape index (κ2) is 8.87. The third-order valence-electron chi connectivity index (χ3n) is 9.60. The molecule has 3 nitrogen and oxygen atoms in total. The molecule has 0 spiro atoms. The average molecular weight is 606 g/mol. The molecule has 0 saturated heterocycles. The van der Waals surface area contributed by atoms with E-state index in [0.29, 0.717) is 0 Å². The topological polar surface area (TPSA) is 31.2 Å². The molecule has 0 aliphatic carbocycles. The summed E-state index contributed by atoms with van der Waals surface area (Å²) in [5.74, 6) is 0. The molecule has 0 unspecified atom stereocenters. The lowest BCUT2D eigenvalue weighted by Crippen LogP contribution is -1.93. The van der Waals surface area contributed by atoms with E-state index in [1.165, 1.54) is 42.0 Å². The van der Waals surface area contributed by atoms with E-state index in [2.05, 4.69) is 132 Å². The summed E-state index contributed by atoms with van der Waals surface area (Å²) in [7, 11) is 0. The van der Waals surface area contributed by atoms with E-state index in [1.54, 1.807) is 0 Å². The molecule has 214 valence electrons. The van der Waals surface area contributed by atoms with Gasteiger partial charge in [-0.05, 0) is 54.1 Å². The number of fused-ring (bicyclic) bond motifs is 12. The fraction of sp³-hybridized carbons (Fsp3) is 0. The molecular formula is C42H23NO2S. The molecule has 4 heteroatoms. The standard InChI is InChI=1S/C42H23NO2S/c1-4-15-34-25(9-1)31-22-33-26-10-2-5-16-36(26)44-38(33)23-35(31)43(34)24-19-20-37-32(21-24)29-14-7-13-28(42(29)45-37)27-12-8-18-40-41(27)30-11-3-6-17-39(30)46-40/h1-23H. The predicted molar refractivity (Wildman–Crippen MR) is 194 cm³/mol.